The number of nitrogen functional groups attached to an aromatic ring is 1. The molecule has 2 rings (SSSR count). The molecule has 19 heavy (non-hydrogen) atoms. The van der Waals surface area contributed by atoms with Crippen LogP contribution in [0.3, 0.4) is 0 Å². The molecular weight excluding hydrogens is 260 g/mol. The summed E-state index contributed by atoms with van der Waals surface area (Å²) in [4.78, 5) is 0.249. The van der Waals surface area contributed by atoms with Crippen LogP contribution in [0.2, 0.25) is 0 Å². The zero-order valence-corrected chi connectivity index (χ0v) is 11.4. The highest BCUT2D eigenvalue weighted by atomic mass is 32.2. The average Bonchev–Trinajstić information content (AvgIpc) is 2.37. The van der Waals surface area contributed by atoms with E-state index in [2.05, 4.69) is 11.3 Å². The van der Waals surface area contributed by atoms with Gasteiger partial charge in [0.25, 0.3) is 0 Å². The van der Waals surface area contributed by atoms with Crippen LogP contribution in [0, 0.1) is 0 Å². The predicted molar refractivity (Wildman–Crippen MR) is 78.3 cm³/mol. The topological polar surface area (TPSA) is 72.2 Å². The van der Waals surface area contributed by atoms with Crippen LogP contribution >= 0.6 is 0 Å². The lowest BCUT2D eigenvalue weighted by Crippen LogP contribution is -2.31. The third-order valence-corrected chi connectivity index (χ3v) is 4.47. The molecule has 3 N–H and O–H groups in total. The van der Waals surface area contributed by atoms with E-state index in [1.165, 1.54) is 0 Å². The van der Waals surface area contributed by atoms with Crippen molar-refractivity contribution in [1.29, 1.82) is 0 Å². The van der Waals surface area contributed by atoms with Crippen LogP contribution in [0.15, 0.2) is 53.9 Å². The number of sulfonamides is 1. The molecule has 1 atom stereocenters. The molecule has 4 nitrogen and oxygen atoms in total. The highest BCUT2D eigenvalue weighted by Gasteiger charge is 2.18. The SMILES string of the molecule is C=CC(C)NS(=O)(=O)c1cccc2cc(N)ccc12. The molecule has 0 heterocycles. The fourth-order valence-corrected chi connectivity index (χ4v) is 3.31. The number of nitrogens with one attached hydrogen (secondary N) is 1. The first-order valence-electron chi connectivity index (χ1n) is 5.87. The minimum Gasteiger partial charge on any atom is -0.399 e. The van der Waals surface area contributed by atoms with E-state index in [4.69, 9.17) is 5.73 Å². The second kappa shape index (κ2) is 5.03. The Bertz CT molecular complexity index is 723. The molecule has 5 heteroatoms. The average molecular weight is 276 g/mol. The van der Waals surface area contributed by atoms with E-state index < -0.39 is 10.0 Å². The van der Waals surface area contributed by atoms with E-state index in [1.54, 1.807) is 43.3 Å². The molecule has 0 saturated heterocycles. The van der Waals surface area contributed by atoms with Crippen molar-refractivity contribution in [3.8, 4) is 0 Å². The van der Waals surface area contributed by atoms with Gasteiger partial charge in [-0.25, -0.2) is 13.1 Å². The van der Waals surface area contributed by atoms with Gasteiger partial charge in [0, 0.05) is 17.1 Å². The maximum absolute atomic E-state index is 12.3. The normalized spacial score (nSPS) is 13.3. The van der Waals surface area contributed by atoms with Gasteiger partial charge in [-0.3, -0.25) is 0 Å². The Balaban J connectivity index is 2.59. The summed E-state index contributed by atoms with van der Waals surface area (Å²) >= 11 is 0. The molecule has 0 bridgehead atoms. The maximum atomic E-state index is 12.3. The molecule has 0 aliphatic carbocycles. The lowest BCUT2D eigenvalue weighted by atomic mass is 10.1. The van der Waals surface area contributed by atoms with Gasteiger partial charge in [-0.2, -0.15) is 0 Å². The number of fused-ring (bicyclic) bond motifs is 1. The number of hydrogen-bond donors (Lipinski definition) is 2. The molecule has 0 radical (unpaired) electrons. The molecule has 0 aromatic heterocycles. The Morgan fingerprint density at radius 1 is 1.32 bits per heavy atom. The molecule has 100 valence electrons. The summed E-state index contributed by atoms with van der Waals surface area (Å²) in [5.74, 6) is 0. The fraction of sp³-hybridized carbons (Fsp3) is 0.143. The van der Waals surface area contributed by atoms with Crippen LogP contribution < -0.4 is 10.5 Å². The number of benzene rings is 2. The van der Waals surface area contributed by atoms with Crippen molar-refractivity contribution >= 4 is 26.5 Å². The first kappa shape index (κ1) is 13.6. The van der Waals surface area contributed by atoms with Crippen molar-refractivity contribution in [1.82, 2.24) is 4.72 Å². The number of hydrogen-bond acceptors (Lipinski definition) is 3. The summed E-state index contributed by atoms with van der Waals surface area (Å²) in [5, 5.41) is 1.45. The first-order valence-corrected chi connectivity index (χ1v) is 7.35. The van der Waals surface area contributed by atoms with Crippen LogP contribution in [0.1, 0.15) is 6.92 Å². The van der Waals surface area contributed by atoms with Gasteiger partial charge in [0.15, 0.2) is 0 Å². The zero-order chi connectivity index (χ0) is 14.0. The molecule has 2 aromatic carbocycles. The highest BCUT2D eigenvalue weighted by Crippen LogP contribution is 2.24. The van der Waals surface area contributed by atoms with E-state index in [9.17, 15) is 8.42 Å². The summed E-state index contributed by atoms with van der Waals surface area (Å²) < 4.78 is 27.2. The van der Waals surface area contributed by atoms with Crippen molar-refractivity contribution in [2.75, 3.05) is 5.73 Å². The van der Waals surface area contributed by atoms with Crippen molar-refractivity contribution in [2.45, 2.75) is 17.9 Å². The highest BCUT2D eigenvalue weighted by molar-refractivity contribution is 7.89. The van der Waals surface area contributed by atoms with Crippen LogP contribution in [0.5, 0.6) is 0 Å². The van der Waals surface area contributed by atoms with Gasteiger partial charge in [0.2, 0.25) is 10.0 Å². The first-order chi connectivity index (χ1) is 8.94. The van der Waals surface area contributed by atoms with Gasteiger partial charge >= 0.3 is 0 Å². The molecule has 2 aromatic rings. The summed E-state index contributed by atoms with van der Waals surface area (Å²) in [5.41, 5.74) is 6.31. The van der Waals surface area contributed by atoms with Crippen LogP contribution in [0.25, 0.3) is 10.8 Å². The maximum Gasteiger partial charge on any atom is 0.241 e. The molecule has 0 aliphatic heterocycles. The second-order valence-corrected chi connectivity index (χ2v) is 6.06. The minimum absolute atomic E-state index is 0.249. The summed E-state index contributed by atoms with van der Waals surface area (Å²) in [6.45, 7) is 5.30. The zero-order valence-electron chi connectivity index (χ0n) is 10.6. The Morgan fingerprint density at radius 3 is 2.74 bits per heavy atom. The molecular formula is C14H16N2O2S. The molecule has 1 unspecified atom stereocenters. The lowest BCUT2D eigenvalue weighted by molar-refractivity contribution is 0.577. The van der Waals surface area contributed by atoms with Gasteiger partial charge in [-0.15, -0.1) is 6.58 Å². The van der Waals surface area contributed by atoms with E-state index >= 15 is 0 Å². The molecule has 0 saturated carbocycles. The van der Waals surface area contributed by atoms with Crippen molar-refractivity contribution in [3.05, 3.63) is 49.1 Å². The number of nitrogens with two attached hydrogens (primary N) is 1. The smallest absolute Gasteiger partial charge is 0.241 e. The van der Waals surface area contributed by atoms with Crippen molar-refractivity contribution in [2.24, 2.45) is 0 Å². The molecule has 0 amide bonds. The third-order valence-electron chi connectivity index (χ3n) is 2.85. The monoisotopic (exact) mass is 276 g/mol. The van der Waals surface area contributed by atoms with E-state index in [1.807, 2.05) is 6.07 Å². The summed E-state index contributed by atoms with van der Waals surface area (Å²) in [7, 11) is -3.57. The lowest BCUT2D eigenvalue weighted by Gasteiger charge is -2.12. The fourth-order valence-electron chi connectivity index (χ4n) is 1.86. The quantitative estimate of drug-likeness (QED) is 0.664. The largest absolute Gasteiger partial charge is 0.399 e. The van der Waals surface area contributed by atoms with Gasteiger partial charge < -0.3 is 5.73 Å². The van der Waals surface area contributed by atoms with Crippen LogP contribution in [0.4, 0.5) is 5.69 Å². The van der Waals surface area contributed by atoms with Gasteiger partial charge in [0.05, 0.1) is 4.90 Å². The van der Waals surface area contributed by atoms with Crippen molar-refractivity contribution in [3.63, 3.8) is 0 Å². The van der Waals surface area contributed by atoms with E-state index in [0.717, 1.165) is 5.39 Å². The number of anilines is 1. The van der Waals surface area contributed by atoms with Gasteiger partial charge in [0.1, 0.15) is 0 Å². The third kappa shape index (κ3) is 2.77. The Kier molecular flexibility index (Phi) is 3.59. The Labute approximate surface area is 113 Å². The van der Waals surface area contributed by atoms with Gasteiger partial charge in [-0.05, 0) is 30.5 Å². The Morgan fingerprint density at radius 2 is 2.05 bits per heavy atom. The van der Waals surface area contributed by atoms with E-state index in [-0.39, 0.29) is 10.9 Å². The summed E-state index contributed by atoms with van der Waals surface area (Å²) in [6.07, 6.45) is 1.54. The van der Waals surface area contributed by atoms with Crippen molar-refractivity contribution < 1.29 is 8.42 Å². The van der Waals surface area contributed by atoms with Gasteiger partial charge in [-0.1, -0.05) is 24.3 Å². The number of rotatable bonds is 4. The molecule has 0 fully saturated rings. The second-order valence-electron chi connectivity index (χ2n) is 4.38. The standard InChI is InChI=1S/C14H16N2O2S/c1-3-10(2)16-19(17,18)14-6-4-5-11-9-12(15)7-8-13(11)14/h3-10,16H,1,15H2,2H3. The molecule has 0 aliphatic rings. The minimum atomic E-state index is -3.57. The summed E-state index contributed by atoms with van der Waals surface area (Å²) in [6, 6.07) is 9.96. The van der Waals surface area contributed by atoms with Crippen LogP contribution in [-0.2, 0) is 10.0 Å². The van der Waals surface area contributed by atoms with E-state index in [0.29, 0.717) is 11.1 Å². The predicted octanol–water partition coefficient (Wildman–Crippen LogP) is 2.27. The van der Waals surface area contributed by atoms with Crippen LogP contribution in [-0.4, -0.2) is 14.5 Å². The molecule has 0 spiro atoms. The Hall–Kier alpha value is -1.85.